The van der Waals surface area contributed by atoms with Crippen LogP contribution in [0.2, 0.25) is 0 Å². The van der Waals surface area contributed by atoms with Crippen molar-refractivity contribution in [3.63, 3.8) is 0 Å². The maximum Gasteiger partial charge on any atom is 0.319 e. The largest absolute Gasteiger partial charge is 0.378 e. The van der Waals surface area contributed by atoms with Crippen LogP contribution in [0.5, 0.6) is 0 Å². The van der Waals surface area contributed by atoms with Gasteiger partial charge in [0.15, 0.2) is 0 Å². The number of urea groups is 1. The molecule has 0 aliphatic carbocycles. The van der Waals surface area contributed by atoms with Gasteiger partial charge in [0, 0.05) is 26.7 Å². The summed E-state index contributed by atoms with van der Waals surface area (Å²) in [6.45, 7) is 7.98. The zero-order valence-corrected chi connectivity index (χ0v) is 10.0. The van der Waals surface area contributed by atoms with E-state index in [0.717, 1.165) is 26.1 Å². The van der Waals surface area contributed by atoms with E-state index in [2.05, 4.69) is 13.8 Å². The Morgan fingerprint density at radius 1 is 1.40 bits per heavy atom. The Kier molecular flexibility index (Phi) is 4.88. The lowest BCUT2D eigenvalue weighted by molar-refractivity contribution is 0.0450. The van der Waals surface area contributed by atoms with E-state index < -0.39 is 0 Å². The summed E-state index contributed by atoms with van der Waals surface area (Å²) in [6, 6.07) is 0.138. The molecule has 0 radical (unpaired) electrons. The number of nitrogens with zero attached hydrogens (tertiary/aromatic N) is 2. The van der Waals surface area contributed by atoms with Gasteiger partial charge in [-0.3, -0.25) is 0 Å². The number of hydrogen-bond donors (Lipinski definition) is 0. The average Bonchev–Trinajstić information content (AvgIpc) is 2.26. The molecular weight excluding hydrogens is 192 g/mol. The first-order valence-electron chi connectivity index (χ1n) is 5.69. The molecule has 2 amide bonds. The van der Waals surface area contributed by atoms with E-state index >= 15 is 0 Å². The van der Waals surface area contributed by atoms with Gasteiger partial charge in [-0.1, -0.05) is 13.8 Å². The van der Waals surface area contributed by atoms with Crippen molar-refractivity contribution in [2.24, 2.45) is 5.92 Å². The van der Waals surface area contributed by atoms with Gasteiger partial charge in [0.05, 0.1) is 13.2 Å². The summed E-state index contributed by atoms with van der Waals surface area (Å²) in [7, 11) is 1.88. The Hall–Kier alpha value is -0.770. The summed E-state index contributed by atoms with van der Waals surface area (Å²) in [5, 5.41) is 0. The van der Waals surface area contributed by atoms with E-state index in [1.54, 1.807) is 0 Å². The highest BCUT2D eigenvalue weighted by Gasteiger charge is 2.19. The van der Waals surface area contributed by atoms with Crippen LogP contribution >= 0.6 is 0 Å². The molecule has 1 heterocycles. The van der Waals surface area contributed by atoms with Gasteiger partial charge in [-0.05, 0) is 12.3 Å². The first kappa shape index (κ1) is 12.3. The highest BCUT2D eigenvalue weighted by Crippen LogP contribution is 2.05. The van der Waals surface area contributed by atoms with Crippen molar-refractivity contribution in [3.8, 4) is 0 Å². The Bertz CT molecular complexity index is 201. The lowest BCUT2D eigenvalue weighted by Gasteiger charge is -2.31. The van der Waals surface area contributed by atoms with E-state index in [4.69, 9.17) is 4.74 Å². The van der Waals surface area contributed by atoms with Crippen molar-refractivity contribution >= 4 is 6.03 Å². The van der Waals surface area contributed by atoms with Crippen LogP contribution in [0.15, 0.2) is 0 Å². The van der Waals surface area contributed by atoms with Gasteiger partial charge < -0.3 is 14.5 Å². The zero-order chi connectivity index (χ0) is 11.3. The molecule has 0 aromatic rings. The van der Waals surface area contributed by atoms with Crippen molar-refractivity contribution in [1.29, 1.82) is 0 Å². The molecule has 1 rings (SSSR count). The molecule has 1 saturated heterocycles. The number of rotatable bonds is 3. The summed E-state index contributed by atoms with van der Waals surface area (Å²) in [4.78, 5) is 15.6. The quantitative estimate of drug-likeness (QED) is 0.711. The summed E-state index contributed by atoms with van der Waals surface area (Å²) in [5.74, 6) is 0.643. The molecule has 0 N–H and O–H groups in total. The predicted octanol–water partition coefficient (Wildman–Crippen LogP) is 1.42. The molecule has 0 bridgehead atoms. The molecule has 4 nitrogen and oxygen atoms in total. The molecule has 88 valence electrons. The monoisotopic (exact) mass is 214 g/mol. The maximum atomic E-state index is 11.9. The third-order valence-corrected chi connectivity index (χ3v) is 2.65. The van der Waals surface area contributed by atoms with Crippen LogP contribution in [0.1, 0.15) is 20.3 Å². The van der Waals surface area contributed by atoms with Crippen molar-refractivity contribution in [2.45, 2.75) is 20.3 Å². The third-order valence-electron chi connectivity index (χ3n) is 2.65. The summed E-state index contributed by atoms with van der Waals surface area (Å²) in [6.07, 6.45) is 1.06. The summed E-state index contributed by atoms with van der Waals surface area (Å²) in [5.41, 5.74) is 0. The lowest BCUT2D eigenvalue weighted by atomic mass is 10.1. The number of carbonyl (C=O) groups excluding carboxylic acids is 1. The maximum absolute atomic E-state index is 11.9. The van der Waals surface area contributed by atoms with Crippen molar-refractivity contribution in [1.82, 2.24) is 9.80 Å². The van der Waals surface area contributed by atoms with Crippen molar-refractivity contribution in [2.75, 3.05) is 39.9 Å². The van der Waals surface area contributed by atoms with Crippen LogP contribution in [-0.2, 0) is 4.74 Å². The molecule has 0 saturated carbocycles. The standard InChI is InChI=1S/C11H22N2O2/c1-10(2)4-5-12(3)11(14)13-6-8-15-9-7-13/h10H,4-9H2,1-3H3. The van der Waals surface area contributed by atoms with Crippen molar-refractivity contribution < 1.29 is 9.53 Å². The minimum atomic E-state index is 0.138. The molecule has 1 aliphatic heterocycles. The molecule has 15 heavy (non-hydrogen) atoms. The minimum absolute atomic E-state index is 0.138. The van der Waals surface area contributed by atoms with Gasteiger partial charge in [-0.2, -0.15) is 0 Å². The van der Waals surface area contributed by atoms with Gasteiger partial charge in [-0.15, -0.1) is 0 Å². The van der Waals surface area contributed by atoms with Gasteiger partial charge in [0.25, 0.3) is 0 Å². The van der Waals surface area contributed by atoms with E-state index in [1.807, 2.05) is 16.8 Å². The van der Waals surface area contributed by atoms with E-state index in [1.165, 1.54) is 0 Å². The fourth-order valence-electron chi connectivity index (χ4n) is 1.54. The Morgan fingerprint density at radius 2 is 2.00 bits per heavy atom. The molecule has 0 spiro atoms. The van der Waals surface area contributed by atoms with Gasteiger partial charge in [0.1, 0.15) is 0 Å². The van der Waals surface area contributed by atoms with Crippen molar-refractivity contribution in [3.05, 3.63) is 0 Å². The van der Waals surface area contributed by atoms with Gasteiger partial charge in [-0.25, -0.2) is 4.79 Å². The third kappa shape index (κ3) is 4.08. The Morgan fingerprint density at radius 3 is 2.53 bits per heavy atom. The first-order chi connectivity index (χ1) is 7.11. The van der Waals surface area contributed by atoms with Gasteiger partial charge >= 0.3 is 6.03 Å². The molecule has 4 heteroatoms. The topological polar surface area (TPSA) is 32.8 Å². The molecule has 0 aromatic heterocycles. The molecular formula is C11H22N2O2. The fourth-order valence-corrected chi connectivity index (χ4v) is 1.54. The highest BCUT2D eigenvalue weighted by atomic mass is 16.5. The summed E-state index contributed by atoms with van der Waals surface area (Å²) < 4.78 is 5.22. The first-order valence-corrected chi connectivity index (χ1v) is 5.69. The normalized spacial score (nSPS) is 16.9. The number of amides is 2. The molecule has 1 fully saturated rings. The van der Waals surface area contributed by atoms with Crippen LogP contribution in [0.4, 0.5) is 4.79 Å². The Labute approximate surface area is 92.2 Å². The predicted molar refractivity (Wildman–Crippen MR) is 59.9 cm³/mol. The number of ether oxygens (including phenoxy) is 1. The van der Waals surface area contributed by atoms with Crippen LogP contribution in [0, 0.1) is 5.92 Å². The number of carbonyl (C=O) groups is 1. The second-order valence-electron chi connectivity index (χ2n) is 4.49. The van der Waals surface area contributed by atoms with Crippen LogP contribution in [0.3, 0.4) is 0 Å². The minimum Gasteiger partial charge on any atom is -0.378 e. The molecule has 1 aliphatic rings. The number of hydrogen-bond acceptors (Lipinski definition) is 2. The highest BCUT2D eigenvalue weighted by molar-refractivity contribution is 5.74. The number of morpholine rings is 1. The molecule has 0 unspecified atom stereocenters. The molecule has 0 atom stereocenters. The Balaban J connectivity index is 2.30. The lowest BCUT2D eigenvalue weighted by Crippen LogP contribution is -2.47. The second-order valence-corrected chi connectivity index (χ2v) is 4.49. The van der Waals surface area contributed by atoms with Crippen LogP contribution in [-0.4, -0.2) is 55.7 Å². The zero-order valence-electron chi connectivity index (χ0n) is 10.0. The molecule has 0 aromatic carbocycles. The average molecular weight is 214 g/mol. The van der Waals surface area contributed by atoms with E-state index in [0.29, 0.717) is 19.1 Å². The van der Waals surface area contributed by atoms with E-state index in [-0.39, 0.29) is 6.03 Å². The smallest absolute Gasteiger partial charge is 0.319 e. The van der Waals surface area contributed by atoms with Gasteiger partial charge in [0.2, 0.25) is 0 Å². The van der Waals surface area contributed by atoms with Crippen LogP contribution < -0.4 is 0 Å². The van der Waals surface area contributed by atoms with E-state index in [9.17, 15) is 4.79 Å². The SMILES string of the molecule is CC(C)CCN(C)C(=O)N1CCOCC1. The van der Waals surface area contributed by atoms with Crippen LogP contribution in [0.25, 0.3) is 0 Å². The fraction of sp³-hybridized carbons (Fsp3) is 0.909. The second kappa shape index (κ2) is 5.95. The summed E-state index contributed by atoms with van der Waals surface area (Å²) >= 11 is 0.